The van der Waals surface area contributed by atoms with E-state index in [1.54, 1.807) is 0 Å². The van der Waals surface area contributed by atoms with Gasteiger partial charge in [0.2, 0.25) is 5.91 Å². The molecule has 0 N–H and O–H groups in total. The summed E-state index contributed by atoms with van der Waals surface area (Å²) >= 11 is 0. The number of hydrogen-bond donors (Lipinski definition) is 0. The van der Waals surface area contributed by atoms with Crippen molar-refractivity contribution in [3.8, 4) is 0 Å². The van der Waals surface area contributed by atoms with E-state index in [-0.39, 0.29) is 5.91 Å². The number of carbonyl (C=O) groups is 1. The second-order valence-corrected chi connectivity index (χ2v) is 6.38. The van der Waals surface area contributed by atoms with E-state index >= 15 is 0 Å². The fraction of sp³-hybridized carbons (Fsp3) is 0.300. The highest BCUT2D eigenvalue weighted by Crippen LogP contribution is 2.17. The standard InChI is InChI=1S/C20H22N4O/c25-20(10-11-24-19-9-5-4-6-17(19)16-21-24)23-14-12-22(13-15-23)18-7-2-1-3-8-18/h1-9,16H,10-15H2. The van der Waals surface area contributed by atoms with Crippen molar-refractivity contribution >= 4 is 22.5 Å². The van der Waals surface area contributed by atoms with Crippen LogP contribution in [0.15, 0.2) is 60.8 Å². The van der Waals surface area contributed by atoms with Crippen molar-refractivity contribution in [2.24, 2.45) is 0 Å². The van der Waals surface area contributed by atoms with Crippen LogP contribution in [0.25, 0.3) is 10.9 Å². The molecule has 25 heavy (non-hydrogen) atoms. The zero-order valence-corrected chi connectivity index (χ0v) is 14.2. The SMILES string of the molecule is O=C(CCn1ncc2ccccc21)N1CCN(c2ccccc2)CC1. The van der Waals surface area contributed by atoms with Crippen molar-refractivity contribution in [2.75, 3.05) is 31.1 Å². The molecule has 4 rings (SSSR count). The van der Waals surface area contributed by atoms with Crippen LogP contribution in [-0.4, -0.2) is 46.8 Å². The van der Waals surface area contributed by atoms with E-state index in [0.717, 1.165) is 37.1 Å². The molecule has 1 amide bonds. The zero-order chi connectivity index (χ0) is 17.1. The van der Waals surface area contributed by atoms with Crippen LogP contribution in [0.2, 0.25) is 0 Å². The van der Waals surface area contributed by atoms with Gasteiger partial charge in [-0.1, -0.05) is 36.4 Å². The molecule has 128 valence electrons. The molecule has 0 saturated carbocycles. The lowest BCUT2D eigenvalue weighted by molar-refractivity contribution is -0.131. The Kier molecular flexibility index (Phi) is 4.37. The molecule has 1 saturated heterocycles. The van der Waals surface area contributed by atoms with Gasteiger partial charge in [-0.05, 0) is 18.2 Å². The van der Waals surface area contributed by atoms with Gasteiger partial charge in [-0.3, -0.25) is 9.48 Å². The minimum Gasteiger partial charge on any atom is -0.368 e. The van der Waals surface area contributed by atoms with Gasteiger partial charge in [0.15, 0.2) is 0 Å². The van der Waals surface area contributed by atoms with E-state index in [1.165, 1.54) is 5.69 Å². The van der Waals surface area contributed by atoms with Crippen molar-refractivity contribution < 1.29 is 4.79 Å². The molecule has 0 radical (unpaired) electrons. The molecule has 1 fully saturated rings. The van der Waals surface area contributed by atoms with Crippen molar-refractivity contribution in [1.82, 2.24) is 14.7 Å². The van der Waals surface area contributed by atoms with Crippen molar-refractivity contribution in [1.29, 1.82) is 0 Å². The van der Waals surface area contributed by atoms with Gasteiger partial charge < -0.3 is 9.80 Å². The average molecular weight is 334 g/mol. The topological polar surface area (TPSA) is 41.4 Å². The Bertz CT molecular complexity index is 850. The summed E-state index contributed by atoms with van der Waals surface area (Å²) in [5.74, 6) is 0.215. The van der Waals surface area contributed by atoms with Gasteiger partial charge in [0.1, 0.15) is 0 Å². The van der Waals surface area contributed by atoms with Gasteiger partial charge in [0.25, 0.3) is 0 Å². The molecule has 1 aromatic heterocycles. The smallest absolute Gasteiger partial charge is 0.224 e. The number of piperazine rings is 1. The number of anilines is 1. The summed E-state index contributed by atoms with van der Waals surface area (Å²) in [6.07, 6.45) is 2.36. The number of nitrogens with zero attached hydrogens (tertiary/aromatic N) is 4. The lowest BCUT2D eigenvalue weighted by Crippen LogP contribution is -2.48. The zero-order valence-electron chi connectivity index (χ0n) is 14.2. The fourth-order valence-electron chi connectivity index (χ4n) is 3.42. The summed E-state index contributed by atoms with van der Waals surface area (Å²) < 4.78 is 1.92. The maximum atomic E-state index is 12.5. The molecule has 1 aliphatic rings. The third-order valence-corrected chi connectivity index (χ3v) is 4.84. The second kappa shape index (κ2) is 6.97. The Labute approximate surface area is 147 Å². The molecule has 2 aromatic carbocycles. The number of carbonyl (C=O) groups excluding carboxylic acids is 1. The Morgan fingerprint density at radius 1 is 0.920 bits per heavy atom. The van der Waals surface area contributed by atoms with Crippen LogP contribution in [-0.2, 0) is 11.3 Å². The van der Waals surface area contributed by atoms with Gasteiger partial charge >= 0.3 is 0 Å². The summed E-state index contributed by atoms with van der Waals surface area (Å²) in [5, 5.41) is 5.52. The average Bonchev–Trinajstić information content (AvgIpc) is 3.10. The number of amides is 1. The monoisotopic (exact) mass is 334 g/mol. The molecule has 1 aliphatic heterocycles. The summed E-state index contributed by atoms with van der Waals surface area (Å²) in [6, 6.07) is 18.5. The van der Waals surface area contributed by atoms with Gasteiger partial charge in [0.05, 0.1) is 18.3 Å². The Morgan fingerprint density at radius 3 is 2.44 bits per heavy atom. The lowest BCUT2D eigenvalue weighted by Gasteiger charge is -2.36. The molecule has 5 nitrogen and oxygen atoms in total. The largest absolute Gasteiger partial charge is 0.368 e. The first-order chi connectivity index (χ1) is 12.3. The lowest BCUT2D eigenvalue weighted by atomic mass is 10.2. The highest BCUT2D eigenvalue weighted by molar-refractivity contribution is 5.79. The third-order valence-electron chi connectivity index (χ3n) is 4.84. The van der Waals surface area contributed by atoms with E-state index in [0.29, 0.717) is 13.0 Å². The minimum absolute atomic E-state index is 0.215. The predicted octanol–water partition coefficient (Wildman–Crippen LogP) is 2.78. The number of fused-ring (bicyclic) bond motifs is 1. The molecule has 2 heterocycles. The van der Waals surface area contributed by atoms with Gasteiger partial charge in [-0.25, -0.2) is 0 Å². The van der Waals surface area contributed by atoms with Crippen LogP contribution in [0, 0.1) is 0 Å². The van der Waals surface area contributed by atoms with Gasteiger partial charge in [-0.15, -0.1) is 0 Å². The second-order valence-electron chi connectivity index (χ2n) is 6.38. The van der Waals surface area contributed by atoms with Crippen molar-refractivity contribution in [3.63, 3.8) is 0 Å². The van der Waals surface area contributed by atoms with E-state index in [1.807, 2.05) is 46.1 Å². The number of aryl methyl sites for hydroxylation is 1. The third kappa shape index (κ3) is 3.36. The van der Waals surface area contributed by atoms with E-state index in [2.05, 4.69) is 34.3 Å². The molecular formula is C20H22N4O. The first-order valence-corrected chi connectivity index (χ1v) is 8.79. The van der Waals surface area contributed by atoms with Crippen molar-refractivity contribution in [2.45, 2.75) is 13.0 Å². The Balaban J connectivity index is 1.32. The predicted molar refractivity (Wildman–Crippen MR) is 99.6 cm³/mol. The van der Waals surface area contributed by atoms with Gasteiger partial charge in [-0.2, -0.15) is 5.10 Å². The first-order valence-electron chi connectivity index (χ1n) is 8.79. The van der Waals surface area contributed by atoms with Crippen LogP contribution in [0.3, 0.4) is 0 Å². The molecule has 3 aromatic rings. The van der Waals surface area contributed by atoms with Crippen LogP contribution in [0.4, 0.5) is 5.69 Å². The van der Waals surface area contributed by atoms with E-state index in [4.69, 9.17) is 0 Å². The normalized spacial score (nSPS) is 14.9. The molecule has 0 bridgehead atoms. The summed E-state index contributed by atoms with van der Waals surface area (Å²) in [6.45, 7) is 3.98. The first kappa shape index (κ1) is 15.7. The number of hydrogen-bond acceptors (Lipinski definition) is 3. The molecule has 0 unspecified atom stereocenters. The molecular weight excluding hydrogens is 312 g/mol. The maximum Gasteiger partial charge on any atom is 0.224 e. The van der Waals surface area contributed by atoms with Crippen LogP contribution in [0.5, 0.6) is 0 Å². The van der Waals surface area contributed by atoms with E-state index in [9.17, 15) is 4.79 Å². The fourth-order valence-corrected chi connectivity index (χ4v) is 3.42. The highest BCUT2D eigenvalue weighted by Gasteiger charge is 2.21. The van der Waals surface area contributed by atoms with Crippen LogP contribution in [0.1, 0.15) is 6.42 Å². The van der Waals surface area contributed by atoms with Crippen LogP contribution < -0.4 is 4.90 Å². The van der Waals surface area contributed by atoms with E-state index < -0.39 is 0 Å². The Hall–Kier alpha value is -2.82. The van der Waals surface area contributed by atoms with Gasteiger partial charge in [0, 0.05) is 43.7 Å². The minimum atomic E-state index is 0.215. The maximum absolute atomic E-state index is 12.5. The summed E-state index contributed by atoms with van der Waals surface area (Å²) in [7, 11) is 0. The molecule has 0 spiro atoms. The highest BCUT2D eigenvalue weighted by atomic mass is 16.2. The Morgan fingerprint density at radius 2 is 1.64 bits per heavy atom. The summed E-state index contributed by atoms with van der Waals surface area (Å²) in [5.41, 5.74) is 2.32. The number of rotatable bonds is 4. The summed E-state index contributed by atoms with van der Waals surface area (Å²) in [4.78, 5) is 16.9. The number of benzene rings is 2. The van der Waals surface area contributed by atoms with Crippen LogP contribution >= 0.6 is 0 Å². The number of para-hydroxylation sites is 2. The van der Waals surface area contributed by atoms with Crippen molar-refractivity contribution in [3.05, 3.63) is 60.8 Å². The molecule has 0 aliphatic carbocycles. The molecule has 0 atom stereocenters. The molecule has 5 heteroatoms. The number of aromatic nitrogens is 2. The quantitative estimate of drug-likeness (QED) is 0.737.